The molecule has 1 rings (SSSR count). The van der Waals surface area contributed by atoms with Gasteiger partial charge >= 0.3 is 5.97 Å². The third kappa shape index (κ3) is 5.19. The predicted octanol–water partition coefficient (Wildman–Crippen LogP) is 1.57. The Labute approximate surface area is 115 Å². The first-order valence-corrected chi connectivity index (χ1v) is 7.32. The Hall–Kier alpha value is -1.10. The Kier molecular flexibility index (Phi) is 6.84. The number of hydrogen-bond donors (Lipinski definition) is 1. The quantitative estimate of drug-likeness (QED) is 0.763. The highest BCUT2D eigenvalue weighted by molar-refractivity contribution is 5.77. The first-order valence-electron chi connectivity index (χ1n) is 7.32. The molecule has 1 saturated heterocycles. The number of rotatable bonds is 7. The lowest BCUT2D eigenvalue weighted by atomic mass is 10.0. The molecule has 1 aliphatic heterocycles. The number of nitrogens with zero attached hydrogens (tertiary/aromatic N) is 2. The molecular weight excluding hydrogens is 244 g/mol. The van der Waals surface area contributed by atoms with E-state index in [1.165, 1.54) is 0 Å². The molecule has 1 heterocycles. The van der Waals surface area contributed by atoms with Crippen LogP contribution in [0.25, 0.3) is 0 Å². The fourth-order valence-electron chi connectivity index (χ4n) is 2.77. The molecule has 0 bridgehead atoms. The largest absolute Gasteiger partial charge is 0.481 e. The van der Waals surface area contributed by atoms with Gasteiger partial charge in [-0.3, -0.25) is 9.59 Å². The summed E-state index contributed by atoms with van der Waals surface area (Å²) in [4.78, 5) is 26.7. The molecule has 0 aromatic rings. The molecule has 0 spiro atoms. The van der Waals surface area contributed by atoms with Crippen molar-refractivity contribution in [1.82, 2.24) is 9.80 Å². The molecule has 5 nitrogen and oxygen atoms in total. The summed E-state index contributed by atoms with van der Waals surface area (Å²) < 4.78 is 0. The fourth-order valence-corrected chi connectivity index (χ4v) is 2.77. The monoisotopic (exact) mass is 270 g/mol. The lowest BCUT2D eigenvalue weighted by Crippen LogP contribution is -2.46. The molecule has 0 unspecified atom stereocenters. The highest BCUT2D eigenvalue weighted by Crippen LogP contribution is 2.17. The van der Waals surface area contributed by atoms with E-state index in [4.69, 9.17) is 5.11 Å². The van der Waals surface area contributed by atoms with Crippen molar-refractivity contribution in [3.05, 3.63) is 0 Å². The molecule has 1 fully saturated rings. The van der Waals surface area contributed by atoms with Gasteiger partial charge in [0.1, 0.15) is 0 Å². The number of aliphatic carboxylic acids is 1. The minimum absolute atomic E-state index is 0.0850. The molecule has 0 aromatic carbocycles. The summed E-state index contributed by atoms with van der Waals surface area (Å²) in [6, 6.07) is 0.595. The predicted molar refractivity (Wildman–Crippen MR) is 74.0 cm³/mol. The number of carboxylic acid groups (broad SMARTS) is 1. The van der Waals surface area contributed by atoms with Gasteiger partial charge in [0.15, 0.2) is 0 Å². The minimum atomic E-state index is -0.826. The maximum atomic E-state index is 11.9. The van der Waals surface area contributed by atoms with Crippen molar-refractivity contribution in [2.75, 3.05) is 26.2 Å². The van der Waals surface area contributed by atoms with E-state index in [2.05, 4.69) is 18.7 Å². The van der Waals surface area contributed by atoms with Gasteiger partial charge in [-0.15, -0.1) is 0 Å². The van der Waals surface area contributed by atoms with Crippen molar-refractivity contribution in [3.63, 3.8) is 0 Å². The maximum Gasteiger partial charge on any atom is 0.303 e. The van der Waals surface area contributed by atoms with Gasteiger partial charge in [-0.1, -0.05) is 13.8 Å². The average molecular weight is 270 g/mol. The topological polar surface area (TPSA) is 60.9 Å². The van der Waals surface area contributed by atoms with Gasteiger partial charge in [-0.05, 0) is 32.4 Å². The Morgan fingerprint density at radius 3 is 2.21 bits per heavy atom. The molecule has 1 aliphatic rings. The second-order valence-electron chi connectivity index (χ2n) is 5.08. The molecule has 0 saturated carbocycles. The summed E-state index contributed by atoms with van der Waals surface area (Å²) in [5, 5.41) is 8.56. The van der Waals surface area contributed by atoms with Gasteiger partial charge in [0.25, 0.3) is 0 Å². The number of amides is 1. The highest BCUT2D eigenvalue weighted by atomic mass is 16.4. The van der Waals surface area contributed by atoms with Crippen molar-refractivity contribution in [1.29, 1.82) is 0 Å². The van der Waals surface area contributed by atoms with Gasteiger partial charge in [0.2, 0.25) is 5.91 Å². The van der Waals surface area contributed by atoms with E-state index in [0.29, 0.717) is 18.9 Å². The lowest BCUT2D eigenvalue weighted by molar-refractivity contribution is -0.137. The Bertz CT molecular complexity index is 295. The van der Waals surface area contributed by atoms with Crippen LogP contribution in [0.1, 0.15) is 46.0 Å². The van der Waals surface area contributed by atoms with Crippen LogP contribution in [0.2, 0.25) is 0 Å². The van der Waals surface area contributed by atoms with Crippen molar-refractivity contribution >= 4 is 11.9 Å². The van der Waals surface area contributed by atoms with E-state index < -0.39 is 5.97 Å². The number of piperidine rings is 1. The van der Waals surface area contributed by atoms with Crippen LogP contribution in [0, 0.1) is 0 Å². The van der Waals surface area contributed by atoms with Gasteiger partial charge in [-0.25, -0.2) is 0 Å². The van der Waals surface area contributed by atoms with Gasteiger partial charge < -0.3 is 14.9 Å². The summed E-state index contributed by atoms with van der Waals surface area (Å²) in [7, 11) is 0. The highest BCUT2D eigenvalue weighted by Gasteiger charge is 2.25. The fraction of sp³-hybridized carbons (Fsp3) is 0.857. The summed E-state index contributed by atoms with van der Waals surface area (Å²) >= 11 is 0. The van der Waals surface area contributed by atoms with Crippen LogP contribution in [-0.4, -0.2) is 59.0 Å². The zero-order valence-corrected chi connectivity index (χ0v) is 12.1. The summed E-state index contributed by atoms with van der Waals surface area (Å²) in [5.41, 5.74) is 0. The molecule has 19 heavy (non-hydrogen) atoms. The third-order valence-corrected chi connectivity index (χ3v) is 3.93. The molecule has 1 N–H and O–H groups in total. The van der Waals surface area contributed by atoms with Crippen LogP contribution < -0.4 is 0 Å². The van der Waals surface area contributed by atoms with E-state index >= 15 is 0 Å². The number of carbonyl (C=O) groups is 2. The summed E-state index contributed by atoms with van der Waals surface area (Å²) in [6.45, 7) is 8.10. The van der Waals surface area contributed by atoms with Crippen molar-refractivity contribution in [2.45, 2.75) is 52.0 Å². The van der Waals surface area contributed by atoms with E-state index in [9.17, 15) is 9.59 Å². The van der Waals surface area contributed by atoms with E-state index in [1.807, 2.05) is 4.90 Å². The number of hydrogen-bond acceptors (Lipinski definition) is 3. The zero-order valence-electron chi connectivity index (χ0n) is 12.1. The molecule has 0 atom stereocenters. The molecule has 110 valence electrons. The Morgan fingerprint density at radius 1 is 1.16 bits per heavy atom. The van der Waals surface area contributed by atoms with Crippen molar-refractivity contribution < 1.29 is 14.7 Å². The van der Waals surface area contributed by atoms with Crippen LogP contribution in [0.15, 0.2) is 0 Å². The molecular formula is C14H26N2O3. The van der Waals surface area contributed by atoms with Crippen LogP contribution in [-0.2, 0) is 9.59 Å². The standard InChI is InChI=1S/C14H26N2O3/c1-3-15(4-2)12-8-10-16(11-9-12)13(17)6-5-7-14(18)19/h12H,3-11H2,1-2H3,(H,18,19). The number of carboxylic acids is 1. The van der Waals surface area contributed by atoms with Crippen LogP contribution in [0.4, 0.5) is 0 Å². The Morgan fingerprint density at radius 2 is 1.74 bits per heavy atom. The van der Waals surface area contributed by atoms with Crippen LogP contribution >= 0.6 is 0 Å². The zero-order chi connectivity index (χ0) is 14.3. The Balaban J connectivity index is 2.28. The molecule has 5 heteroatoms. The molecule has 0 radical (unpaired) electrons. The van der Waals surface area contributed by atoms with Crippen molar-refractivity contribution in [2.24, 2.45) is 0 Å². The smallest absolute Gasteiger partial charge is 0.303 e. The van der Waals surface area contributed by atoms with Gasteiger partial charge in [-0.2, -0.15) is 0 Å². The van der Waals surface area contributed by atoms with Crippen LogP contribution in [0.5, 0.6) is 0 Å². The normalized spacial score (nSPS) is 16.9. The molecule has 0 aliphatic carbocycles. The molecule has 1 amide bonds. The maximum absolute atomic E-state index is 11.9. The first-order chi connectivity index (χ1) is 9.08. The minimum Gasteiger partial charge on any atom is -0.481 e. The summed E-state index contributed by atoms with van der Waals surface area (Å²) in [6.07, 6.45) is 2.97. The SMILES string of the molecule is CCN(CC)C1CCN(C(=O)CCCC(=O)O)CC1. The van der Waals surface area contributed by atoms with Gasteiger partial charge in [0.05, 0.1) is 0 Å². The van der Waals surface area contributed by atoms with E-state index in [-0.39, 0.29) is 12.3 Å². The first kappa shape index (κ1) is 16.0. The molecule has 0 aromatic heterocycles. The summed E-state index contributed by atoms with van der Waals surface area (Å²) in [5.74, 6) is -0.715. The van der Waals surface area contributed by atoms with Crippen LogP contribution in [0.3, 0.4) is 0 Å². The van der Waals surface area contributed by atoms with E-state index in [1.54, 1.807) is 0 Å². The lowest BCUT2D eigenvalue weighted by Gasteiger charge is -2.37. The second kappa shape index (κ2) is 8.15. The van der Waals surface area contributed by atoms with E-state index in [0.717, 1.165) is 39.0 Å². The average Bonchev–Trinajstić information content (AvgIpc) is 2.40. The third-order valence-electron chi connectivity index (χ3n) is 3.93. The number of likely N-dealkylation sites (tertiary alicyclic amines) is 1. The van der Waals surface area contributed by atoms with Crippen molar-refractivity contribution in [3.8, 4) is 0 Å². The van der Waals surface area contributed by atoms with Gasteiger partial charge in [0, 0.05) is 32.0 Å². The number of carbonyl (C=O) groups excluding carboxylic acids is 1. The second-order valence-corrected chi connectivity index (χ2v) is 5.08.